The fourth-order valence-electron chi connectivity index (χ4n) is 1.39. The number of carbonyl (C=O) groups excluding carboxylic acids is 1. The van der Waals surface area contributed by atoms with Gasteiger partial charge >= 0.3 is 5.97 Å². The normalized spacial score (nSPS) is 12.5. The average molecular weight is 299 g/mol. The molecule has 2 aromatic rings. The molecule has 1 aromatic carbocycles. The van der Waals surface area contributed by atoms with Crippen molar-refractivity contribution in [2.24, 2.45) is 5.73 Å². The van der Waals surface area contributed by atoms with Gasteiger partial charge in [-0.25, -0.2) is 4.98 Å². The number of hydrogen-bond donors (Lipinski definition) is 2. The van der Waals surface area contributed by atoms with E-state index in [9.17, 15) is 9.59 Å². The van der Waals surface area contributed by atoms with Crippen LogP contribution in [-0.2, 0) is 9.59 Å². The molecule has 88 valence electrons. The lowest BCUT2D eigenvalue weighted by Crippen LogP contribution is -2.28. The van der Waals surface area contributed by atoms with E-state index in [4.69, 9.17) is 15.3 Å². The van der Waals surface area contributed by atoms with Gasteiger partial charge in [-0.15, -0.1) is 0 Å². The zero-order valence-corrected chi connectivity index (χ0v) is 9.97. The Labute approximate surface area is 104 Å². The summed E-state index contributed by atoms with van der Waals surface area (Å²) in [6, 6.07) is 5.00. The minimum absolute atomic E-state index is 0.210. The number of hydrogen-bond acceptors (Lipinski definition) is 4. The van der Waals surface area contributed by atoms with Crippen molar-refractivity contribution < 1.29 is 19.1 Å². The van der Waals surface area contributed by atoms with E-state index in [1.807, 2.05) is 0 Å². The standard InChI is InChI=1S/C10H7BrN2O4/c11-4-1-2-6-5(3-4)13-9(17-6)7(8(12)14)10(15)16/h1-3,7H,(H2,12,14)(H,15,16). The summed E-state index contributed by atoms with van der Waals surface area (Å²) in [5.41, 5.74) is 5.85. The van der Waals surface area contributed by atoms with E-state index in [1.54, 1.807) is 18.2 Å². The van der Waals surface area contributed by atoms with Gasteiger partial charge in [-0.1, -0.05) is 15.9 Å². The molecule has 1 aromatic heterocycles. The smallest absolute Gasteiger partial charge is 0.325 e. The van der Waals surface area contributed by atoms with Crippen molar-refractivity contribution in [1.29, 1.82) is 0 Å². The van der Waals surface area contributed by atoms with Crippen molar-refractivity contribution in [3.05, 3.63) is 28.6 Å². The van der Waals surface area contributed by atoms with Crippen LogP contribution < -0.4 is 5.73 Å². The maximum atomic E-state index is 11.0. The van der Waals surface area contributed by atoms with E-state index in [2.05, 4.69) is 20.9 Å². The number of aliphatic carboxylic acids is 1. The van der Waals surface area contributed by atoms with Gasteiger partial charge in [0.05, 0.1) is 0 Å². The van der Waals surface area contributed by atoms with Crippen LogP contribution in [0.4, 0.5) is 0 Å². The van der Waals surface area contributed by atoms with Crippen LogP contribution in [0.15, 0.2) is 27.1 Å². The third-order valence-corrected chi connectivity index (χ3v) is 2.64. The molecule has 1 heterocycles. The molecule has 7 heteroatoms. The Bertz CT molecular complexity index is 593. The van der Waals surface area contributed by atoms with Gasteiger partial charge in [0.15, 0.2) is 5.58 Å². The van der Waals surface area contributed by atoms with E-state index in [0.717, 1.165) is 4.47 Å². The molecule has 0 aliphatic rings. The van der Waals surface area contributed by atoms with Crippen molar-refractivity contribution in [3.8, 4) is 0 Å². The van der Waals surface area contributed by atoms with Gasteiger partial charge in [0, 0.05) is 4.47 Å². The lowest BCUT2D eigenvalue weighted by atomic mass is 10.1. The number of halogens is 1. The maximum absolute atomic E-state index is 11.0. The quantitative estimate of drug-likeness (QED) is 0.829. The highest BCUT2D eigenvalue weighted by molar-refractivity contribution is 9.10. The Kier molecular flexibility index (Phi) is 2.84. The number of nitrogens with zero attached hydrogens (tertiary/aromatic N) is 1. The molecule has 6 nitrogen and oxygen atoms in total. The van der Waals surface area contributed by atoms with Crippen LogP contribution in [0, 0.1) is 0 Å². The second-order valence-corrected chi connectivity index (χ2v) is 4.25. The molecule has 1 amide bonds. The highest BCUT2D eigenvalue weighted by Crippen LogP contribution is 2.24. The Morgan fingerprint density at radius 1 is 1.47 bits per heavy atom. The number of benzene rings is 1. The van der Waals surface area contributed by atoms with Crippen LogP contribution in [0.25, 0.3) is 11.1 Å². The van der Waals surface area contributed by atoms with Crippen LogP contribution in [0.2, 0.25) is 0 Å². The summed E-state index contributed by atoms with van der Waals surface area (Å²) in [6.45, 7) is 0. The van der Waals surface area contributed by atoms with Gasteiger partial charge in [-0.3, -0.25) is 9.59 Å². The number of rotatable bonds is 3. The predicted molar refractivity (Wildman–Crippen MR) is 61.3 cm³/mol. The summed E-state index contributed by atoms with van der Waals surface area (Å²) >= 11 is 3.25. The monoisotopic (exact) mass is 298 g/mol. The Hall–Kier alpha value is -1.89. The van der Waals surface area contributed by atoms with E-state index < -0.39 is 17.8 Å². The molecule has 3 N–H and O–H groups in total. The fourth-order valence-corrected chi connectivity index (χ4v) is 1.74. The number of nitrogens with two attached hydrogens (primary N) is 1. The van der Waals surface area contributed by atoms with Gasteiger partial charge in [0.25, 0.3) is 0 Å². The van der Waals surface area contributed by atoms with Crippen LogP contribution in [0.5, 0.6) is 0 Å². The molecule has 0 bridgehead atoms. The summed E-state index contributed by atoms with van der Waals surface area (Å²) in [5, 5.41) is 8.87. The molecular formula is C10H7BrN2O4. The first-order valence-electron chi connectivity index (χ1n) is 4.57. The highest BCUT2D eigenvalue weighted by atomic mass is 79.9. The van der Waals surface area contributed by atoms with E-state index in [-0.39, 0.29) is 5.89 Å². The minimum Gasteiger partial charge on any atom is -0.480 e. The molecule has 0 aliphatic carbocycles. The zero-order valence-electron chi connectivity index (χ0n) is 8.38. The van der Waals surface area contributed by atoms with Gasteiger partial charge in [0.1, 0.15) is 5.52 Å². The molecule has 0 radical (unpaired) electrons. The molecule has 1 atom stereocenters. The maximum Gasteiger partial charge on any atom is 0.325 e. The topological polar surface area (TPSA) is 106 Å². The number of amides is 1. The molecule has 17 heavy (non-hydrogen) atoms. The second-order valence-electron chi connectivity index (χ2n) is 3.34. The summed E-state index contributed by atoms with van der Waals surface area (Å²) in [7, 11) is 0. The Balaban J connectivity index is 2.55. The number of oxazole rings is 1. The highest BCUT2D eigenvalue weighted by Gasteiger charge is 2.31. The van der Waals surface area contributed by atoms with Gasteiger partial charge in [-0.2, -0.15) is 0 Å². The van der Waals surface area contributed by atoms with Crippen molar-refractivity contribution in [1.82, 2.24) is 4.98 Å². The lowest BCUT2D eigenvalue weighted by Gasteiger charge is -2.01. The van der Waals surface area contributed by atoms with Crippen molar-refractivity contribution >= 4 is 38.9 Å². The van der Waals surface area contributed by atoms with E-state index in [0.29, 0.717) is 11.1 Å². The lowest BCUT2D eigenvalue weighted by molar-refractivity contribution is -0.142. The molecule has 0 saturated carbocycles. The van der Waals surface area contributed by atoms with Crippen LogP contribution in [0.1, 0.15) is 11.8 Å². The van der Waals surface area contributed by atoms with Gasteiger partial charge in [-0.05, 0) is 18.2 Å². The van der Waals surface area contributed by atoms with Crippen LogP contribution in [-0.4, -0.2) is 22.0 Å². The second kappa shape index (κ2) is 4.17. The summed E-state index contributed by atoms with van der Waals surface area (Å²) < 4.78 is 5.97. The van der Waals surface area contributed by atoms with E-state index in [1.165, 1.54) is 0 Å². The average Bonchev–Trinajstić information content (AvgIpc) is 2.58. The summed E-state index contributed by atoms with van der Waals surface area (Å²) in [5.74, 6) is -4.18. The zero-order chi connectivity index (χ0) is 12.6. The van der Waals surface area contributed by atoms with Crippen molar-refractivity contribution in [2.45, 2.75) is 5.92 Å². The summed E-state index contributed by atoms with van der Waals surface area (Å²) in [4.78, 5) is 25.8. The van der Waals surface area contributed by atoms with Crippen LogP contribution >= 0.6 is 15.9 Å². The molecule has 0 saturated heterocycles. The number of primary amides is 1. The third kappa shape index (κ3) is 2.14. The van der Waals surface area contributed by atoms with Crippen molar-refractivity contribution in [3.63, 3.8) is 0 Å². The molecule has 0 aliphatic heterocycles. The first-order chi connectivity index (χ1) is 7.99. The first kappa shape index (κ1) is 11.6. The predicted octanol–water partition coefficient (Wildman–Crippen LogP) is 1.24. The molecule has 1 unspecified atom stereocenters. The Morgan fingerprint density at radius 3 is 2.76 bits per heavy atom. The first-order valence-corrected chi connectivity index (χ1v) is 5.36. The van der Waals surface area contributed by atoms with E-state index >= 15 is 0 Å². The number of fused-ring (bicyclic) bond motifs is 1. The number of carboxylic acids is 1. The summed E-state index contributed by atoms with van der Waals surface area (Å²) in [6.07, 6.45) is 0. The molecule has 2 rings (SSSR count). The molecular weight excluding hydrogens is 292 g/mol. The van der Waals surface area contributed by atoms with Gasteiger partial charge < -0.3 is 15.3 Å². The third-order valence-electron chi connectivity index (χ3n) is 2.14. The van der Waals surface area contributed by atoms with Crippen molar-refractivity contribution in [2.75, 3.05) is 0 Å². The fraction of sp³-hybridized carbons (Fsp3) is 0.100. The Morgan fingerprint density at radius 2 is 2.18 bits per heavy atom. The molecule has 0 fully saturated rings. The minimum atomic E-state index is -1.57. The van der Waals surface area contributed by atoms with Crippen LogP contribution in [0.3, 0.4) is 0 Å². The largest absolute Gasteiger partial charge is 0.480 e. The number of carbonyl (C=O) groups is 2. The number of carboxylic acid groups (broad SMARTS) is 1. The number of aromatic nitrogens is 1. The molecule has 0 spiro atoms. The SMILES string of the molecule is NC(=O)C(C(=O)O)c1nc2cc(Br)ccc2o1. The van der Waals surface area contributed by atoms with Gasteiger partial charge in [0.2, 0.25) is 17.7 Å².